The van der Waals surface area contributed by atoms with Crippen LogP contribution in [0.3, 0.4) is 0 Å². The normalized spacial score (nSPS) is 20.8. The standard InChI is InChI=1S/C31H28F8N2O4S/c32-21-8-4-18(5-9-21)25-2-1-3-26(25)40-28(42)17-23-12-6-19-16-20(29(43,30(34,35)36)31(37,38)39)7-15-27(19)41(23)46(44,45)24-13-10-22(33)11-14-24/h4-5,7-11,13-16,23,25-26,43H,1-3,6,12,17H2,(H,40,42). The largest absolute Gasteiger partial charge is 0.430 e. The van der Waals surface area contributed by atoms with E-state index in [1.54, 1.807) is 12.1 Å². The van der Waals surface area contributed by atoms with Crippen LogP contribution >= 0.6 is 0 Å². The van der Waals surface area contributed by atoms with Crippen LogP contribution in [-0.4, -0.2) is 43.9 Å². The third kappa shape index (κ3) is 6.18. The predicted octanol–water partition coefficient (Wildman–Crippen LogP) is 6.63. The molecule has 1 aliphatic carbocycles. The van der Waals surface area contributed by atoms with Crippen molar-refractivity contribution in [2.45, 2.75) is 79.4 Å². The number of alkyl halides is 6. The number of aryl methyl sites for hydroxylation is 1. The van der Waals surface area contributed by atoms with E-state index in [4.69, 9.17) is 0 Å². The lowest BCUT2D eigenvalue weighted by Crippen LogP contribution is -2.54. The van der Waals surface area contributed by atoms with Crippen molar-refractivity contribution in [1.82, 2.24) is 5.32 Å². The summed E-state index contributed by atoms with van der Waals surface area (Å²) in [6, 6.07) is 9.55. The van der Waals surface area contributed by atoms with Crippen LogP contribution in [-0.2, 0) is 26.8 Å². The van der Waals surface area contributed by atoms with Crippen molar-refractivity contribution >= 4 is 21.6 Å². The number of halogens is 8. The van der Waals surface area contributed by atoms with Gasteiger partial charge in [-0.05, 0) is 79.3 Å². The summed E-state index contributed by atoms with van der Waals surface area (Å²) in [4.78, 5) is 12.9. The molecule has 5 rings (SSSR count). The second-order valence-corrected chi connectivity index (χ2v) is 13.3. The van der Waals surface area contributed by atoms with Gasteiger partial charge in [-0.2, -0.15) is 26.3 Å². The first kappa shape index (κ1) is 33.6. The summed E-state index contributed by atoms with van der Waals surface area (Å²) < 4.78 is 137. The SMILES string of the molecule is O=C(CC1CCc2cc(C(O)(C(F)(F)F)C(F)(F)F)ccc2N1S(=O)(=O)c1ccc(F)cc1)NC1CCCC1c1ccc(F)cc1. The molecule has 1 saturated carbocycles. The topological polar surface area (TPSA) is 86.7 Å². The van der Waals surface area contributed by atoms with Gasteiger partial charge in [0.15, 0.2) is 0 Å². The number of rotatable bonds is 7. The predicted molar refractivity (Wildman–Crippen MR) is 150 cm³/mol. The molecule has 46 heavy (non-hydrogen) atoms. The number of hydrogen-bond donors (Lipinski definition) is 2. The molecule has 0 aromatic heterocycles. The average Bonchev–Trinajstić information content (AvgIpc) is 3.43. The van der Waals surface area contributed by atoms with Gasteiger partial charge in [0.25, 0.3) is 15.6 Å². The summed E-state index contributed by atoms with van der Waals surface area (Å²) in [6.07, 6.45) is -11.0. The first-order valence-corrected chi connectivity index (χ1v) is 15.7. The number of sulfonamides is 1. The monoisotopic (exact) mass is 676 g/mol. The second-order valence-electron chi connectivity index (χ2n) is 11.5. The van der Waals surface area contributed by atoms with Gasteiger partial charge in [-0.25, -0.2) is 17.2 Å². The lowest BCUT2D eigenvalue weighted by atomic mass is 9.87. The number of aliphatic hydroxyl groups is 1. The van der Waals surface area contributed by atoms with Crippen LogP contribution in [0.2, 0.25) is 0 Å². The second kappa shape index (κ2) is 12.1. The lowest BCUT2D eigenvalue weighted by Gasteiger charge is -2.39. The Morgan fingerprint density at radius 1 is 0.848 bits per heavy atom. The molecule has 0 radical (unpaired) electrons. The Morgan fingerprint density at radius 3 is 2.02 bits per heavy atom. The van der Waals surface area contributed by atoms with E-state index in [1.807, 2.05) is 0 Å². The quantitative estimate of drug-likeness (QED) is 0.275. The molecule has 0 bridgehead atoms. The van der Waals surface area contributed by atoms with Crippen molar-refractivity contribution in [3.05, 3.63) is 95.1 Å². The van der Waals surface area contributed by atoms with E-state index in [9.17, 15) is 53.4 Å². The van der Waals surface area contributed by atoms with Gasteiger partial charge in [0.1, 0.15) is 11.6 Å². The molecule has 15 heteroatoms. The number of amides is 1. The van der Waals surface area contributed by atoms with Gasteiger partial charge in [-0.3, -0.25) is 9.10 Å². The maximum Gasteiger partial charge on any atom is 0.430 e. The molecule has 6 nitrogen and oxygen atoms in total. The molecule has 3 unspecified atom stereocenters. The number of nitrogens with zero attached hydrogens (tertiary/aromatic N) is 1. The van der Waals surface area contributed by atoms with Crippen molar-refractivity contribution < 1.29 is 53.4 Å². The zero-order valence-electron chi connectivity index (χ0n) is 23.9. The molecule has 3 aromatic carbocycles. The fraction of sp³-hybridized carbons (Fsp3) is 0.387. The maximum atomic E-state index is 13.9. The van der Waals surface area contributed by atoms with Gasteiger partial charge in [0.05, 0.1) is 16.6 Å². The van der Waals surface area contributed by atoms with Crippen LogP contribution in [0.25, 0.3) is 0 Å². The molecule has 248 valence electrons. The van der Waals surface area contributed by atoms with Gasteiger partial charge >= 0.3 is 12.4 Å². The minimum Gasteiger partial charge on any atom is -0.369 e. The van der Waals surface area contributed by atoms with Crippen LogP contribution in [0.4, 0.5) is 40.8 Å². The molecule has 3 aromatic rings. The van der Waals surface area contributed by atoms with Gasteiger partial charge in [-0.1, -0.05) is 30.7 Å². The van der Waals surface area contributed by atoms with Crippen molar-refractivity contribution in [3.8, 4) is 0 Å². The molecule has 1 heterocycles. The van der Waals surface area contributed by atoms with E-state index in [1.165, 1.54) is 12.1 Å². The van der Waals surface area contributed by atoms with E-state index in [0.29, 0.717) is 25.0 Å². The van der Waals surface area contributed by atoms with Crippen LogP contribution in [0, 0.1) is 11.6 Å². The van der Waals surface area contributed by atoms with Crippen molar-refractivity contribution in [3.63, 3.8) is 0 Å². The summed E-state index contributed by atoms with van der Waals surface area (Å²) in [5, 5.41) is 12.8. The average molecular weight is 677 g/mol. The number of nitrogens with one attached hydrogen (secondary N) is 1. The first-order valence-electron chi connectivity index (χ1n) is 14.3. The highest BCUT2D eigenvalue weighted by Crippen LogP contribution is 2.51. The molecule has 0 spiro atoms. The molecule has 0 saturated heterocycles. The van der Waals surface area contributed by atoms with Crippen LogP contribution in [0.15, 0.2) is 71.6 Å². The number of hydrogen-bond acceptors (Lipinski definition) is 4. The Kier molecular flexibility index (Phi) is 8.88. The van der Waals surface area contributed by atoms with E-state index < -0.39 is 68.4 Å². The Bertz CT molecular complexity index is 1680. The highest BCUT2D eigenvalue weighted by molar-refractivity contribution is 7.92. The Balaban J connectivity index is 1.49. The molecular formula is C31H28F8N2O4S. The summed E-state index contributed by atoms with van der Waals surface area (Å²) >= 11 is 0. The van der Waals surface area contributed by atoms with Gasteiger partial charge in [-0.15, -0.1) is 0 Å². The van der Waals surface area contributed by atoms with E-state index in [-0.39, 0.29) is 36.1 Å². The van der Waals surface area contributed by atoms with Crippen molar-refractivity contribution in [2.75, 3.05) is 4.31 Å². The molecule has 3 atom stereocenters. The Hall–Kier alpha value is -3.72. The number of carbonyl (C=O) groups excluding carboxylic acids is 1. The highest BCUT2D eigenvalue weighted by atomic mass is 32.2. The molecular weight excluding hydrogens is 648 g/mol. The van der Waals surface area contributed by atoms with Crippen LogP contribution < -0.4 is 9.62 Å². The smallest absolute Gasteiger partial charge is 0.369 e. The van der Waals surface area contributed by atoms with E-state index in [2.05, 4.69) is 5.32 Å². The van der Waals surface area contributed by atoms with Crippen LogP contribution in [0.1, 0.15) is 54.7 Å². The summed E-state index contributed by atoms with van der Waals surface area (Å²) in [5.41, 5.74) is -6.48. The van der Waals surface area contributed by atoms with Gasteiger partial charge in [0, 0.05) is 23.9 Å². The Morgan fingerprint density at radius 2 is 1.43 bits per heavy atom. The molecule has 1 amide bonds. The fourth-order valence-electron chi connectivity index (χ4n) is 6.30. The summed E-state index contributed by atoms with van der Waals surface area (Å²) in [5.74, 6) is -1.86. The first-order chi connectivity index (χ1) is 21.4. The minimum atomic E-state index is -6.15. The number of benzene rings is 3. The third-order valence-corrected chi connectivity index (χ3v) is 10.5. The fourth-order valence-corrected chi connectivity index (χ4v) is 8.02. The molecule has 1 aliphatic heterocycles. The van der Waals surface area contributed by atoms with Crippen LogP contribution in [0.5, 0.6) is 0 Å². The maximum absolute atomic E-state index is 13.9. The Labute approximate surface area is 259 Å². The molecule has 2 aliphatic rings. The molecule has 1 fully saturated rings. The van der Waals surface area contributed by atoms with E-state index in [0.717, 1.165) is 46.6 Å². The number of fused-ring (bicyclic) bond motifs is 1. The zero-order valence-corrected chi connectivity index (χ0v) is 24.7. The lowest BCUT2D eigenvalue weighted by molar-refractivity contribution is -0.376. The van der Waals surface area contributed by atoms with Gasteiger partial charge in [0.2, 0.25) is 5.91 Å². The number of anilines is 1. The minimum absolute atomic E-state index is 0.130. The van der Waals surface area contributed by atoms with Crippen molar-refractivity contribution in [1.29, 1.82) is 0 Å². The third-order valence-electron chi connectivity index (χ3n) is 8.59. The van der Waals surface area contributed by atoms with E-state index >= 15 is 0 Å². The number of carbonyl (C=O) groups is 1. The summed E-state index contributed by atoms with van der Waals surface area (Å²) in [6.45, 7) is 0. The molecule has 2 N–H and O–H groups in total. The zero-order chi connectivity index (χ0) is 33.7. The summed E-state index contributed by atoms with van der Waals surface area (Å²) in [7, 11) is -4.63. The van der Waals surface area contributed by atoms with Gasteiger partial charge < -0.3 is 10.4 Å². The van der Waals surface area contributed by atoms with Crippen molar-refractivity contribution in [2.24, 2.45) is 0 Å². The highest BCUT2D eigenvalue weighted by Gasteiger charge is 2.71.